The van der Waals surface area contributed by atoms with Crippen molar-refractivity contribution < 1.29 is 21.2 Å². The fourth-order valence-corrected chi connectivity index (χ4v) is 3.89. The summed E-state index contributed by atoms with van der Waals surface area (Å²) >= 11 is 6.23. The molecule has 1 heterocycles. The zero-order chi connectivity index (χ0) is 5.28. The van der Waals surface area contributed by atoms with E-state index in [-0.39, 0.29) is 0 Å². The summed E-state index contributed by atoms with van der Waals surface area (Å²) in [5, 5.41) is 1.15. The van der Waals surface area contributed by atoms with Crippen molar-refractivity contribution in [1.82, 2.24) is 0 Å². The molecule has 0 aromatic heterocycles. The monoisotopic (exact) mass is 229 g/mol. The van der Waals surface area contributed by atoms with Crippen LogP contribution in [0.5, 0.6) is 0 Å². The molecular formula is C5H7ClI-. The Hall–Kier alpha value is 0.760. The molecule has 42 valence electrons. The Morgan fingerprint density at radius 1 is 1.57 bits per heavy atom. The molecule has 0 aromatic rings. The van der Waals surface area contributed by atoms with Crippen LogP contribution in [-0.4, -0.2) is 8.86 Å². The topological polar surface area (TPSA) is 0 Å². The van der Waals surface area contributed by atoms with Gasteiger partial charge in [-0.3, -0.25) is 0 Å². The van der Waals surface area contributed by atoms with Crippen molar-refractivity contribution in [1.29, 1.82) is 0 Å². The van der Waals surface area contributed by atoms with Gasteiger partial charge in [0, 0.05) is 0 Å². The summed E-state index contributed by atoms with van der Waals surface area (Å²) in [6, 6.07) is 0. The van der Waals surface area contributed by atoms with E-state index >= 15 is 0 Å². The van der Waals surface area contributed by atoms with Gasteiger partial charge in [-0.15, -0.1) is 0 Å². The number of hydrogen-bond acceptors (Lipinski definition) is 0. The molecule has 0 saturated carbocycles. The van der Waals surface area contributed by atoms with Gasteiger partial charge in [0.05, 0.1) is 0 Å². The molecule has 0 radical (unpaired) electrons. The molecule has 0 aliphatic carbocycles. The van der Waals surface area contributed by atoms with Crippen LogP contribution in [0.15, 0.2) is 10.6 Å². The average Bonchev–Trinajstić information content (AvgIpc) is 1.91. The maximum absolute atomic E-state index is 5.77. The van der Waals surface area contributed by atoms with Gasteiger partial charge in [-0.25, -0.2) is 0 Å². The first-order chi connectivity index (χ1) is 3.30. The van der Waals surface area contributed by atoms with Gasteiger partial charge < -0.3 is 0 Å². The maximum atomic E-state index is 5.77. The molecule has 0 saturated heterocycles. The van der Waals surface area contributed by atoms with Crippen LogP contribution in [0.25, 0.3) is 0 Å². The van der Waals surface area contributed by atoms with Crippen LogP contribution in [0.2, 0.25) is 0 Å². The van der Waals surface area contributed by atoms with Crippen molar-refractivity contribution in [2.75, 3.05) is 8.86 Å². The molecule has 2 heteroatoms. The van der Waals surface area contributed by atoms with Gasteiger partial charge in [-0.1, -0.05) is 0 Å². The van der Waals surface area contributed by atoms with Gasteiger partial charge in [0.15, 0.2) is 0 Å². The first-order valence-electron chi connectivity index (χ1n) is 2.18. The third-order valence-corrected chi connectivity index (χ3v) is 4.86. The Kier molecular flexibility index (Phi) is 1.98. The Labute approximate surface area is 59.2 Å². The molecule has 1 aliphatic heterocycles. The van der Waals surface area contributed by atoms with Crippen LogP contribution >= 0.6 is 11.6 Å². The van der Waals surface area contributed by atoms with Crippen molar-refractivity contribution in [3.8, 4) is 0 Å². The van der Waals surface area contributed by atoms with Gasteiger partial charge in [-0.05, 0) is 0 Å². The van der Waals surface area contributed by atoms with E-state index in [2.05, 4.69) is 6.92 Å². The van der Waals surface area contributed by atoms with Gasteiger partial charge >= 0.3 is 59.2 Å². The number of halogens is 2. The molecule has 1 aliphatic rings. The molecule has 0 amide bonds. The standard InChI is InChI=1S/C5H7ClI/c1-4-2-7-3-5(4)6/h2-3H2,1H3/q-1. The molecule has 0 spiro atoms. The molecule has 0 nitrogen and oxygen atoms in total. The van der Waals surface area contributed by atoms with E-state index in [0.29, 0.717) is 21.2 Å². The molecule has 7 heavy (non-hydrogen) atoms. The van der Waals surface area contributed by atoms with E-state index in [0.717, 1.165) is 5.03 Å². The molecule has 0 aromatic carbocycles. The van der Waals surface area contributed by atoms with Crippen LogP contribution in [0.3, 0.4) is 0 Å². The normalized spacial score (nSPS) is 22.6. The molecule has 0 N–H and O–H groups in total. The second kappa shape index (κ2) is 2.35. The van der Waals surface area contributed by atoms with E-state index < -0.39 is 0 Å². The zero-order valence-corrected chi connectivity index (χ0v) is 7.08. The number of allylic oxidation sites excluding steroid dienone is 2. The van der Waals surface area contributed by atoms with E-state index in [4.69, 9.17) is 11.6 Å². The molecule has 0 fully saturated rings. The fraction of sp³-hybridized carbons (Fsp3) is 0.600. The number of rotatable bonds is 0. The van der Waals surface area contributed by atoms with E-state index in [9.17, 15) is 0 Å². The van der Waals surface area contributed by atoms with Crippen LogP contribution in [0, 0.1) is 0 Å². The third-order valence-electron chi connectivity index (χ3n) is 0.970. The minimum absolute atomic E-state index is 0.456. The first-order valence-corrected chi connectivity index (χ1v) is 5.61. The van der Waals surface area contributed by atoms with Crippen molar-refractivity contribution in [3.63, 3.8) is 0 Å². The predicted octanol–water partition coefficient (Wildman–Crippen LogP) is -1.40. The van der Waals surface area contributed by atoms with Gasteiger partial charge in [0.25, 0.3) is 0 Å². The Morgan fingerprint density at radius 3 is 2.43 bits per heavy atom. The third kappa shape index (κ3) is 1.32. The van der Waals surface area contributed by atoms with Crippen LogP contribution in [0.4, 0.5) is 0 Å². The van der Waals surface area contributed by atoms with Crippen molar-refractivity contribution in [2.24, 2.45) is 0 Å². The number of hydrogen-bond donors (Lipinski definition) is 0. The second-order valence-electron chi connectivity index (χ2n) is 1.64. The van der Waals surface area contributed by atoms with E-state index in [1.807, 2.05) is 0 Å². The second-order valence-corrected chi connectivity index (χ2v) is 4.70. The molecule has 1 rings (SSSR count). The molecule has 0 atom stereocenters. The van der Waals surface area contributed by atoms with E-state index in [1.165, 1.54) is 14.4 Å². The summed E-state index contributed by atoms with van der Waals surface area (Å²) in [5.41, 5.74) is 1.44. The van der Waals surface area contributed by atoms with Crippen molar-refractivity contribution in [2.45, 2.75) is 6.92 Å². The summed E-state index contributed by atoms with van der Waals surface area (Å²) in [4.78, 5) is 0. The fourth-order valence-electron chi connectivity index (χ4n) is 0.459. The van der Waals surface area contributed by atoms with Crippen LogP contribution < -0.4 is 21.2 Å². The first kappa shape index (κ1) is 5.89. The van der Waals surface area contributed by atoms with Crippen LogP contribution in [0.1, 0.15) is 6.92 Å². The quantitative estimate of drug-likeness (QED) is 0.354. The summed E-state index contributed by atoms with van der Waals surface area (Å²) < 4.78 is 2.56. The Morgan fingerprint density at radius 2 is 2.29 bits per heavy atom. The SMILES string of the molecule is CC1=C(Cl)C[I-]C1. The summed E-state index contributed by atoms with van der Waals surface area (Å²) in [5.74, 6) is 0. The van der Waals surface area contributed by atoms with Crippen molar-refractivity contribution >= 4 is 11.6 Å². The molecular weight excluding hydrogens is 222 g/mol. The van der Waals surface area contributed by atoms with Gasteiger partial charge in [0.2, 0.25) is 0 Å². The van der Waals surface area contributed by atoms with Gasteiger partial charge in [0.1, 0.15) is 0 Å². The Bertz CT molecular complexity index is 94.6. The average molecular weight is 229 g/mol. The Balaban J connectivity index is 2.64. The zero-order valence-electron chi connectivity index (χ0n) is 4.17. The van der Waals surface area contributed by atoms with Crippen LogP contribution in [-0.2, 0) is 0 Å². The predicted molar refractivity (Wildman–Crippen MR) is 28.3 cm³/mol. The molecule has 0 bridgehead atoms. The summed E-state index contributed by atoms with van der Waals surface area (Å²) in [7, 11) is 0. The van der Waals surface area contributed by atoms with E-state index in [1.54, 1.807) is 0 Å². The molecule has 0 unspecified atom stereocenters. The van der Waals surface area contributed by atoms with Gasteiger partial charge in [-0.2, -0.15) is 0 Å². The summed E-state index contributed by atoms with van der Waals surface area (Å²) in [6.07, 6.45) is 0. The summed E-state index contributed by atoms with van der Waals surface area (Å²) in [6.45, 7) is 2.13. The minimum atomic E-state index is 0.456. The van der Waals surface area contributed by atoms with Crippen molar-refractivity contribution in [3.05, 3.63) is 10.6 Å². The number of alkyl halides is 2.